The molecule has 1 atom stereocenters. The third-order valence-corrected chi connectivity index (χ3v) is 5.54. The van der Waals surface area contributed by atoms with Crippen LogP contribution in [0.25, 0.3) is 0 Å². The first kappa shape index (κ1) is 21.6. The summed E-state index contributed by atoms with van der Waals surface area (Å²) >= 11 is 6.31. The zero-order valence-electron chi connectivity index (χ0n) is 16.9. The summed E-state index contributed by atoms with van der Waals surface area (Å²) in [6.07, 6.45) is 0.101. The van der Waals surface area contributed by atoms with Crippen LogP contribution in [0.4, 0.5) is 0 Å². The molecule has 0 radical (unpaired) electrons. The molecule has 2 aromatic rings. The van der Waals surface area contributed by atoms with Crippen molar-refractivity contribution in [2.45, 2.75) is 38.9 Å². The predicted molar refractivity (Wildman–Crippen MR) is 114 cm³/mol. The lowest BCUT2D eigenvalue weighted by Crippen LogP contribution is -2.39. The zero-order chi connectivity index (χ0) is 20.8. The van der Waals surface area contributed by atoms with Crippen LogP contribution in [0.1, 0.15) is 49.0 Å². The van der Waals surface area contributed by atoms with Gasteiger partial charge >= 0.3 is 5.97 Å². The lowest BCUT2D eigenvalue weighted by molar-refractivity contribution is -0.137. The Morgan fingerprint density at radius 2 is 2.03 bits per heavy atom. The highest BCUT2D eigenvalue weighted by Gasteiger charge is 2.22. The molecule has 2 aromatic carbocycles. The summed E-state index contributed by atoms with van der Waals surface area (Å²) in [4.78, 5) is 12.9. The van der Waals surface area contributed by atoms with E-state index in [1.165, 1.54) is 5.56 Å². The molecule has 1 fully saturated rings. The fraction of sp³-hybridized carbons (Fsp3) is 0.435. The molecule has 0 aromatic heterocycles. The molecule has 1 unspecified atom stereocenters. The molecular formula is C23H28ClNO4. The van der Waals surface area contributed by atoms with Crippen LogP contribution in [0, 0.1) is 0 Å². The van der Waals surface area contributed by atoms with Crippen molar-refractivity contribution >= 4 is 17.6 Å². The summed E-state index contributed by atoms with van der Waals surface area (Å²) in [7, 11) is 0. The van der Waals surface area contributed by atoms with Crippen LogP contribution in [0.2, 0.25) is 5.02 Å². The second-order valence-corrected chi connectivity index (χ2v) is 8.07. The molecule has 29 heavy (non-hydrogen) atoms. The van der Waals surface area contributed by atoms with E-state index in [0.29, 0.717) is 37.2 Å². The molecule has 1 heterocycles. The third-order valence-electron chi connectivity index (χ3n) is 5.18. The Balaban J connectivity index is 1.58. The average molecular weight is 418 g/mol. The van der Waals surface area contributed by atoms with Crippen molar-refractivity contribution < 1.29 is 19.4 Å². The van der Waals surface area contributed by atoms with E-state index in [0.717, 1.165) is 23.4 Å². The molecule has 0 bridgehead atoms. The van der Waals surface area contributed by atoms with Gasteiger partial charge in [-0.3, -0.25) is 9.69 Å². The van der Waals surface area contributed by atoms with E-state index in [9.17, 15) is 4.79 Å². The van der Waals surface area contributed by atoms with E-state index in [1.54, 1.807) is 0 Å². The van der Waals surface area contributed by atoms with Gasteiger partial charge in [0.25, 0.3) is 0 Å². The minimum Gasteiger partial charge on any atom is -0.489 e. The second-order valence-electron chi connectivity index (χ2n) is 7.67. The van der Waals surface area contributed by atoms with E-state index < -0.39 is 5.97 Å². The van der Waals surface area contributed by atoms with Crippen molar-refractivity contribution in [2.75, 3.05) is 26.2 Å². The predicted octanol–water partition coefficient (Wildman–Crippen LogP) is 4.89. The molecule has 1 saturated heterocycles. The highest BCUT2D eigenvalue weighted by molar-refractivity contribution is 6.31. The van der Waals surface area contributed by atoms with E-state index >= 15 is 0 Å². The first-order valence-electron chi connectivity index (χ1n) is 9.99. The van der Waals surface area contributed by atoms with Gasteiger partial charge in [0.05, 0.1) is 19.1 Å². The number of hydrogen-bond acceptors (Lipinski definition) is 4. The number of aliphatic carboxylic acids is 1. The maximum Gasteiger partial charge on any atom is 0.304 e. The van der Waals surface area contributed by atoms with Gasteiger partial charge in [-0.1, -0.05) is 49.7 Å². The average Bonchev–Trinajstić information content (AvgIpc) is 2.72. The maximum absolute atomic E-state index is 10.8. The summed E-state index contributed by atoms with van der Waals surface area (Å²) in [6.45, 7) is 7.35. The normalized spacial score (nSPS) is 17.4. The first-order chi connectivity index (χ1) is 13.9. The molecule has 5 nitrogen and oxygen atoms in total. The Kier molecular flexibility index (Phi) is 7.53. The van der Waals surface area contributed by atoms with Gasteiger partial charge in [-0.05, 0) is 35.2 Å². The highest BCUT2D eigenvalue weighted by atomic mass is 35.5. The molecule has 6 heteroatoms. The molecule has 1 N–H and O–H groups in total. The highest BCUT2D eigenvalue weighted by Crippen LogP contribution is 2.26. The van der Waals surface area contributed by atoms with Crippen molar-refractivity contribution in [1.82, 2.24) is 4.90 Å². The van der Waals surface area contributed by atoms with E-state index in [4.69, 9.17) is 26.2 Å². The SMILES string of the molecule is CC(C)c1ccc(Cl)c(COc2ccc(C3CN(CCC(=O)O)CCO3)cc2)c1. The molecule has 1 aliphatic heterocycles. The second kappa shape index (κ2) is 10.1. The molecule has 0 saturated carbocycles. The standard InChI is InChI=1S/C23H28ClNO4/c1-16(2)18-5-8-21(24)19(13-18)15-29-20-6-3-17(4-7-20)22-14-25(11-12-28-22)10-9-23(26)27/h3-8,13,16,22H,9-12,14-15H2,1-2H3,(H,26,27). The molecule has 0 amide bonds. The van der Waals surface area contributed by atoms with Crippen molar-refractivity contribution in [2.24, 2.45) is 0 Å². The number of carboxylic acid groups (broad SMARTS) is 1. The molecule has 0 spiro atoms. The van der Waals surface area contributed by atoms with Gasteiger partial charge in [0.1, 0.15) is 12.4 Å². The summed E-state index contributed by atoms with van der Waals surface area (Å²) < 4.78 is 11.8. The Morgan fingerprint density at radius 3 is 2.72 bits per heavy atom. The van der Waals surface area contributed by atoms with Crippen molar-refractivity contribution in [1.29, 1.82) is 0 Å². The number of carboxylic acids is 1. The Labute approximate surface area is 177 Å². The van der Waals surface area contributed by atoms with Gasteiger partial charge in [0, 0.05) is 30.2 Å². The van der Waals surface area contributed by atoms with Gasteiger partial charge in [0.15, 0.2) is 0 Å². The summed E-state index contributed by atoms with van der Waals surface area (Å²) in [6, 6.07) is 14.0. The monoisotopic (exact) mass is 417 g/mol. The summed E-state index contributed by atoms with van der Waals surface area (Å²) in [5, 5.41) is 9.58. The Hall–Kier alpha value is -2.08. The third kappa shape index (κ3) is 6.20. The fourth-order valence-corrected chi connectivity index (χ4v) is 3.54. The quantitative estimate of drug-likeness (QED) is 0.662. The van der Waals surface area contributed by atoms with Crippen molar-refractivity contribution in [3.63, 3.8) is 0 Å². The number of rotatable bonds is 8. The van der Waals surface area contributed by atoms with Gasteiger partial charge in [-0.25, -0.2) is 0 Å². The van der Waals surface area contributed by atoms with Crippen LogP contribution >= 0.6 is 11.6 Å². The van der Waals surface area contributed by atoms with Crippen LogP contribution in [-0.2, 0) is 16.1 Å². The van der Waals surface area contributed by atoms with Gasteiger partial charge in [-0.15, -0.1) is 0 Å². The minimum absolute atomic E-state index is 0.0521. The molecule has 156 valence electrons. The minimum atomic E-state index is -0.770. The van der Waals surface area contributed by atoms with Gasteiger partial charge in [-0.2, -0.15) is 0 Å². The number of carbonyl (C=O) groups is 1. The number of halogens is 1. The van der Waals surface area contributed by atoms with Crippen LogP contribution in [-0.4, -0.2) is 42.2 Å². The van der Waals surface area contributed by atoms with Gasteiger partial charge < -0.3 is 14.6 Å². The molecular weight excluding hydrogens is 390 g/mol. The number of nitrogens with zero attached hydrogens (tertiary/aromatic N) is 1. The number of morpholine rings is 1. The summed E-state index contributed by atoms with van der Waals surface area (Å²) in [5.41, 5.74) is 3.29. The molecule has 0 aliphatic carbocycles. The lowest BCUT2D eigenvalue weighted by atomic mass is 10.0. The van der Waals surface area contributed by atoms with Crippen LogP contribution in [0.5, 0.6) is 5.75 Å². The number of benzene rings is 2. The number of ether oxygens (including phenoxy) is 2. The smallest absolute Gasteiger partial charge is 0.304 e. The van der Waals surface area contributed by atoms with Gasteiger partial charge in [0.2, 0.25) is 0 Å². The Morgan fingerprint density at radius 1 is 1.28 bits per heavy atom. The maximum atomic E-state index is 10.8. The summed E-state index contributed by atoms with van der Waals surface area (Å²) in [5.74, 6) is 0.447. The molecule has 1 aliphatic rings. The van der Waals surface area contributed by atoms with Crippen LogP contribution in [0.15, 0.2) is 42.5 Å². The molecule has 3 rings (SSSR count). The van der Waals surface area contributed by atoms with Crippen molar-refractivity contribution in [3.05, 3.63) is 64.2 Å². The van der Waals surface area contributed by atoms with E-state index in [1.807, 2.05) is 30.3 Å². The Bertz CT molecular complexity index is 822. The number of hydrogen-bond donors (Lipinski definition) is 1. The topological polar surface area (TPSA) is 59.0 Å². The van der Waals surface area contributed by atoms with E-state index in [2.05, 4.69) is 30.9 Å². The van der Waals surface area contributed by atoms with E-state index in [-0.39, 0.29) is 12.5 Å². The lowest BCUT2D eigenvalue weighted by Gasteiger charge is -2.32. The van der Waals surface area contributed by atoms with Crippen LogP contribution < -0.4 is 4.74 Å². The first-order valence-corrected chi connectivity index (χ1v) is 10.4. The van der Waals surface area contributed by atoms with Crippen molar-refractivity contribution in [3.8, 4) is 5.75 Å². The zero-order valence-corrected chi connectivity index (χ0v) is 17.7. The fourth-order valence-electron chi connectivity index (χ4n) is 3.37. The largest absolute Gasteiger partial charge is 0.489 e. The van der Waals surface area contributed by atoms with Crippen LogP contribution in [0.3, 0.4) is 0 Å².